The Bertz CT molecular complexity index is 638. The molecule has 0 aliphatic heterocycles. The number of aryl methyl sites for hydroxylation is 1. The Labute approximate surface area is 141 Å². The highest BCUT2D eigenvalue weighted by molar-refractivity contribution is 9.11. The van der Waals surface area contributed by atoms with Gasteiger partial charge >= 0.3 is 0 Å². The first-order chi connectivity index (χ1) is 9.93. The van der Waals surface area contributed by atoms with Crippen LogP contribution in [0.1, 0.15) is 24.1 Å². The van der Waals surface area contributed by atoms with Gasteiger partial charge in [-0.05, 0) is 75.5 Å². The van der Waals surface area contributed by atoms with Gasteiger partial charge in [0.2, 0.25) is 0 Å². The van der Waals surface area contributed by atoms with Gasteiger partial charge in [0.05, 0.1) is 24.4 Å². The van der Waals surface area contributed by atoms with Crippen molar-refractivity contribution in [3.8, 4) is 5.75 Å². The maximum atomic E-state index is 14.1. The Morgan fingerprint density at radius 2 is 1.81 bits per heavy atom. The summed E-state index contributed by atoms with van der Waals surface area (Å²) in [6, 6.07) is 8.63. The smallest absolute Gasteiger partial charge is 0.132 e. The van der Waals surface area contributed by atoms with Gasteiger partial charge in [-0.3, -0.25) is 0 Å². The van der Waals surface area contributed by atoms with Gasteiger partial charge in [0.25, 0.3) is 0 Å². The number of nitrogens with one attached hydrogen (secondary N) is 1. The fourth-order valence-electron chi connectivity index (χ4n) is 2.24. The van der Waals surface area contributed by atoms with Gasteiger partial charge in [0, 0.05) is 8.95 Å². The van der Waals surface area contributed by atoms with Gasteiger partial charge in [-0.2, -0.15) is 0 Å². The third kappa shape index (κ3) is 3.58. The highest BCUT2D eigenvalue weighted by atomic mass is 79.9. The molecule has 0 spiro atoms. The average Bonchev–Trinajstić information content (AvgIpc) is 2.42. The molecular weight excluding hydrogens is 401 g/mol. The first kappa shape index (κ1) is 16.3. The van der Waals surface area contributed by atoms with E-state index in [1.165, 1.54) is 6.07 Å². The number of halogens is 3. The molecule has 2 nitrogen and oxygen atoms in total. The molecule has 0 aliphatic rings. The number of benzene rings is 2. The average molecular weight is 417 g/mol. The van der Waals surface area contributed by atoms with Crippen LogP contribution in [-0.4, -0.2) is 7.11 Å². The first-order valence-corrected chi connectivity index (χ1v) is 8.07. The lowest BCUT2D eigenvalue weighted by Gasteiger charge is -2.21. The topological polar surface area (TPSA) is 21.3 Å². The monoisotopic (exact) mass is 415 g/mol. The van der Waals surface area contributed by atoms with Crippen molar-refractivity contribution in [2.45, 2.75) is 19.9 Å². The molecule has 0 heterocycles. The molecule has 2 aromatic carbocycles. The lowest BCUT2D eigenvalue weighted by atomic mass is 10.1. The SMILES string of the molecule is COc1cccc(F)c1C(C)Nc1c(Br)cc(C)cc1Br. The van der Waals surface area contributed by atoms with E-state index in [1.54, 1.807) is 19.2 Å². The van der Waals surface area contributed by atoms with Crippen molar-refractivity contribution in [3.05, 3.63) is 56.2 Å². The summed E-state index contributed by atoms with van der Waals surface area (Å²) in [5.41, 5.74) is 2.54. The molecule has 0 bridgehead atoms. The van der Waals surface area contributed by atoms with Crippen molar-refractivity contribution < 1.29 is 9.13 Å². The normalized spacial score (nSPS) is 12.1. The standard InChI is InChI=1S/C16H16Br2FNO/c1-9-7-11(17)16(12(18)8-9)20-10(2)15-13(19)5-4-6-14(15)21-3/h4-8,10,20H,1-3H3. The second kappa shape index (κ2) is 6.79. The van der Waals surface area contributed by atoms with Gasteiger partial charge < -0.3 is 10.1 Å². The Balaban J connectivity index is 2.37. The van der Waals surface area contributed by atoms with E-state index < -0.39 is 0 Å². The van der Waals surface area contributed by atoms with E-state index >= 15 is 0 Å². The Morgan fingerprint density at radius 3 is 2.38 bits per heavy atom. The van der Waals surface area contributed by atoms with Gasteiger partial charge in [-0.15, -0.1) is 0 Å². The lowest BCUT2D eigenvalue weighted by molar-refractivity contribution is 0.402. The van der Waals surface area contributed by atoms with Crippen molar-refractivity contribution in [2.24, 2.45) is 0 Å². The summed E-state index contributed by atoms with van der Waals surface area (Å²) in [6.45, 7) is 3.92. The molecule has 0 fully saturated rings. The zero-order valence-corrected chi connectivity index (χ0v) is 15.2. The van der Waals surface area contributed by atoms with Crippen LogP contribution in [0.3, 0.4) is 0 Å². The molecule has 1 unspecified atom stereocenters. The highest BCUT2D eigenvalue weighted by Crippen LogP contribution is 2.37. The summed E-state index contributed by atoms with van der Waals surface area (Å²) >= 11 is 7.07. The first-order valence-electron chi connectivity index (χ1n) is 6.48. The van der Waals surface area contributed by atoms with Gasteiger partial charge in [-0.25, -0.2) is 4.39 Å². The molecule has 21 heavy (non-hydrogen) atoms. The number of hydrogen-bond donors (Lipinski definition) is 1. The van der Waals surface area contributed by atoms with Crippen molar-refractivity contribution >= 4 is 37.5 Å². The van der Waals surface area contributed by atoms with E-state index in [0.29, 0.717) is 11.3 Å². The summed E-state index contributed by atoms with van der Waals surface area (Å²) in [5.74, 6) is 0.253. The zero-order valence-electron chi connectivity index (χ0n) is 12.0. The van der Waals surface area contributed by atoms with E-state index in [0.717, 1.165) is 20.2 Å². The molecule has 2 aromatic rings. The van der Waals surface area contributed by atoms with Crippen LogP contribution in [0.25, 0.3) is 0 Å². The summed E-state index contributed by atoms with van der Waals surface area (Å²) in [5, 5.41) is 3.32. The molecule has 112 valence electrons. The fraction of sp³-hybridized carbons (Fsp3) is 0.250. The minimum Gasteiger partial charge on any atom is -0.496 e. The molecule has 0 radical (unpaired) electrons. The number of rotatable bonds is 4. The van der Waals surface area contributed by atoms with Crippen LogP contribution >= 0.6 is 31.9 Å². The molecule has 0 aliphatic carbocycles. The summed E-state index contributed by atoms with van der Waals surface area (Å²) < 4.78 is 21.2. The fourth-order valence-corrected chi connectivity index (χ4v) is 3.89. The summed E-state index contributed by atoms with van der Waals surface area (Å²) in [7, 11) is 1.54. The van der Waals surface area contributed by atoms with E-state index in [-0.39, 0.29) is 11.9 Å². The number of ether oxygens (including phenoxy) is 1. The van der Waals surface area contributed by atoms with Crippen LogP contribution in [0.2, 0.25) is 0 Å². The van der Waals surface area contributed by atoms with Crippen LogP contribution in [0.4, 0.5) is 10.1 Å². The van der Waals surface area contributed by atoms with Crippen molar-refractivity contribution in [3.63, 3.8) is 0 Å². The van der Waals surface area contributed by atoms with Crippen molar-refractivity contribution in [1.82, 2.24) is 0 Å². The van der Waals surface area contributed by atoms with Crippen LogP contribution in [0.15, 0.2) is 39.3 Å². The summed E-state index contributed by atoms with van der Waals surface area (Å²) in [6.07, 6.45) is 0. The Hall–Kier alpha value is -1.07. The molecule has 0 saturated heterocycles. The van der Waals surface area contributed by atoms with Crippen LogP contribution < -0.4 is 10.1 Å². The predicted molar refractivity (Wildman–Crippen MR) is 91.6 cm³/mol. The zero-order chi connectivity index (χ0) is 15.6. The number of anilines is 1. The number of methoxy groups -OCH3 is 1. The van der Waals surface area contributed by atoms with Crippen LogP contribution in [0.5, 0.6) is 5.75 Å². The van der Waals surface area contributed by atoms with Crippen molar-refractivity contribution in [1.29, 1.82) is 0 Å². The molecule has 1 N–H and O–H groups in total. The maximum absolute atomic E-state index is 14.1. The van der Waals surface area contributed by atoms with E-state index in [2.05, 4.69) is 37.2 Å². The quantitative estimate of drug-likeness (QED) is 0.675. The van der Waals surface area contributed by atoms with E-state index in [1.807, 2.05) is 26.0 Å². The Kier molecular flexibility index (Phi) is 5.27. The Morgan fingerprint density at radius 1 is 1.19 bits per heavy atom. The van der Waals surface area contributed by atoms with Gasteiger partial charge in [-0.1, -0.05) is 6.07 Å². The number of hydrogen-bond acceptors (Lipinski definition) is 2. The van der Waals surface area contributed by atoms with Crippen molar-refractivity contribution in [2.75, 3.05) is 12.4 Å². The highest BCUT2D eigenvalue weighted by Gasteiger charge is 2.18. The predicted octanol–water partition coefficient (Wildman–Crippen LogP) is 5.84. The molecular formula is C16H16Br2FNO. The lowest BCUT2D eigenvalue weighted by Crippen LogP contribution is -2.11. The van der Waals surface area contributed by atoms with Gasteiger partial charge in [0.15, 0.2) is 0 Å². The second-order valence-electron chi connectivity index (χ2n) is 4.83. The second-order valence-corrected chi connectivity index (χ2v) is 6.53. The molecule has 0 aromatic heterocycles. The van der Waals surface area contributed by atoms with Crippen LogP contribution in [0, 0.1) is 12.7 Å². The van der Waals surface area contributed by atoms with E-state index in [9.17, 15) is 4.39 Å². The third-order valence-electron chi connectivity index (χ3n) is 3.21. The molecule has 2 rings (SSSR count). The van der Waals surface area contributed by atoms with Gasteiger partial charge in [0.1, 0.15) is 11.6 Å². The summed E-state index contributed by atoms with van der Waals surface area (Å²) in [4.78, 5) is 0. The molecule has 0 saturated carbocycles. The minimum absolute atomic E-state index is 0.239. The van der Waals surface area contributed by atoms with Crippen LogP contribution in [-0.2, 0) is 0 Å². The third-order valence-corrected chi connectivity index (χ3v) is 4.46. The molecule has 1 atom stereocenters. The largest absolute Gasteiger partial charge is 0.496 e. The molecule has 5 heteroatoms. The van der Waals surface area contributed by atoms with E-state index in [4.69, 9.17) is 4.74 Å². The molecule has 0 amide bonds. The minimum atomic E-state index is -0.284. The maximum Gasteiger partial charge on any atom is 0.132 e.